The maximum atomic E-state index is 13.2. The zero-order valence-electron chi connectivity index (χ0n) is 19.1. The summed E-state index contributed by atoms with van der Waals surface area (Å²) in [6.45, 7) is 4.92. The van der Waals surface area contributed by atoms with Gasteiger partial charge in [-0.2, -0.15) is 0 Å². The molecular formula is C24H33N5O3. The lowest BCUT2D eigenvalue weighted by atomic mass is 9.71. The van der Waals surface area contributed by atoms with E-state index in [1.54, 1.807) is 17.8 Å². The molecule has 0 bridgehead atoms. The number of fused-ring (bicyclic) bond motifs is 1. The largest absolute Gasteiger partial charge is 0.322 e. The number of carbonyl (C=O) groups excluding carboxylic acids is 2. The molecule has 2 aromatic heterocycles. The molecule has 2 aromatic rings. The van der Waals surface area contributed by atoms with Gasteiger partial charge in [-0.15, -0.1) is 0 Å². The van der Waals surface area contributed by atoms with Gasteiger partial charge >= 0.3 is 6.03 Å². The van der Waals surface area contributed by atoms with E-state index < -0.39 is 6.03 Å². The van der Waals surface area contributed by atoms with Crippen LogP contribution in [0.5, 0.6) is 0 Å². The van der Waals surface area contributed by atoms with Gasteiger partial charge in [-0.05, 0) is 76.0 Å². The lowest BCUT2D eigenvalue weighted by molar-refractivity contribution is -0.125. The van der Waals surface area contributed by atoms with Crippen molar-refractivity contribution in [1.82, 2.24) is 25.5 Å². The third-order valence-corrected chi connectivity index (χ3v) is 7.09. The summed E-state index contributed by atoms with van der Waals surface area (Å²) in [5.41, 5.74) is 2.43. The van der Waals surface area contributed by atoms with E-state index in [0.717, 1.165) is 54.4 Å². The van der Waals surface area contributed by atoms with Gasteiger partial charge in [-0.1, -0.05) is 6.92 Å². The molecule has 172 valence electrons. The Balaban J connectivity index is 1.49. The van der Waals surface area contributed by atoms with Gasteiger partial charge < -0.3 is 9.88 Å². The summed E-state index contributed by atoms with van der Waals surface area (Å²) in [4.78, 5) is 42.7. The molecule has 1 aliphatic carbocycles. The minimum Gasteiger partial charge on any atom is -0.322 e. The Morgan fingerprint density at radius 2 is 2.00 bits per heavy atom. The van der Waals surface area contributed by atoms with Crippen molar-refractivity contribution in [3.8, 4) is 0 Å². The monoisotopic (exact) mass is 439 g/mol. The van der Waals surface area contributed by atoms with Crippen LogP contribution in [0.4, 0.5) is 4.79 Å². The van der Waals surface area contributed by atoms with Crippen LogP contribution in [0.2, 0.25) is 0 Å². The van der Waals surface area contributed by atoms with Crippen molar-refractivity contribution in [2.75, 3.05) is 6.54 Å². The number of piperidine rings is 1. The number of pyridine rings is 2. The Bertz CT molecular complexity index is 1070. The van der Waals surface area contributed by atoms with Crippen LogP contribution in [0.25, 0.3) is 10.9 Å². The Morgan fingerprint density at radius 1 is 1.19 bits per heavy atom. The highest BCUT2D eigenvalue weighted by molar-refractivity contribution is 5.95. The van der Waals surface area contributed by atoms with Crippen molar-refractivity contribution in [3.63, 3.8) is 0 Å². The van der Waals surface area contributed by atoms with Crippen molar-refractivity contribution in [3.05, 3.63) is 39.9 Å². The fraction of sp³-hybridized carbons (Fsp3) is 0.583. The second-order valence-corrected chi connectivity index (χ2v) is 9.41. The van der Waals surface area contributed by atoms with Crippen molar-refractivity contribution in [2.45, 2.75) is 64.5 Å². The van der Waals surface area contributed by atoms with E-state index in [2.05, 4.69) is 27.9 Å². The highest BCUT2D eigenvalue weighted by Gasteiger charge is 2.35. The highest BCUT2D eigenvalue weighted by Crippen LogP contribution is 2.40. The molecule has 2 fully saturated rings. The Hall–Kier alpha value is -2.74. The van der Waals surface area contributed by atoms with Crippen LogP contribution in [0.15, 0.2) is 23.1 Å². The number of hydrogen-bond acceptors (Lipinski definition) is 5. The summed E-state index contributed by atoms with van der Waals surface area (Å²) in [6.07, 6.45) is 6.85. The summed E-state index contributed by atoms with van der Waals surface area (Å²) in [7, 11) is 1.79. The number of rotatable bonds is 3. The number of aromatic nitrogens is 2. The van der Waals surface area contributed by atoms with Crippen molar-refractivity contribution in [1.29, 1.82) is 0 Å². The number of nitrogens with one attached hydrogen (secondary N) is 3. The predicted molar refractivity (Wildman–Crippen MR) is 123 cm³/mol. The highest BCUT2D eigenvalue weighted by atomic mass is 16.2. The van der Waals surface area contributed by atoms with E-state index in [9.17, 15) is 14.4 Å². The number of aryl methyl sites for hydroxylation is 2. The molecule has 3 amide bonds. The topological polar surface area (TPSA) is 105 Å². The van der Waals surface area contributed by atoms with Crippen molar-refractivity contribution in [2.24, 2.45) is 18.9 Å². The minimum atomic E-state index is -0.451. The molecule has 2 aliphatic rings. The standard InChI is InChI=1S/C24H33N5O3/c1-14-7-8-16(22(30)28-24(32)27-21-6-4-5-9-25-21)11-18(14)19-12-17-13-26-15(2)10-20(17)29(3)23(19)31/h10,12-14,16,18,21,25H,4-9,11H2,1-3H3,(H2,27,28,30,32). The van der Waals surface area contributed by atoms with Crippen LogP contribution < -0.4 is 21.5 Å². The van der Waals surface area contributed by atoms with Gasteiger partial charge in [0.25, 0.3) is 5.56 Å². The molecule has 3 heterocycles. The van der Waals surface area contributed by atoms with Crippen molar-refractivity contribution < 1.29 is 9.59 Å². The second-order valence-electron chi connectivity index (χ2n) is 9.41. The zero-order valence-corrected chi connectivity index (χ0v) is 19.1. The molecule has 1 aliphatic heterocycles. The van der Waals surface area contributed by atoms with Crippen LogP contribution in [0.1, 0.15) is 62.6 Å². The molecule has 0 spiro atoms. The van der Waals surface area contributed by atoms with Crippen LogP contribution in [0.3, 0.4) is 0 Å². The molecule has 0 aromatic carbocycles. The first-order valence-electron chi connectivity index (χ1n) is 11.6. The van der Waals surface area contributed by atoms with Crippen molar-refractivity contribution >= 4 is 22.8 Å². The van der Waals surface area contributed by atoms with Gasteiger partial charge in [0.05, 0.1) is 11.7 Å². The SMILES string of the molecule is Cc1cc2c(cn1)cc(C1CC(C(=O)NC(=O)NC3CCCCN3)CCC1C)c(=O)n2C. The third-order valence-electron chi connectivity index (χ3n) is 7.09. The molecule has 0 radical (unpaired) electrons. The molecule has 4 rings (SSSR count). The maximum Gasteiger partial charge on any atom is 0.322 e. The van der Waals surface area contributed by atoms with Gasteiger partial charge in [0, 0.05) is 35.8 Å². The first-order chi connectivity index (χ1) is 15.3. The number of urea groups is 1. The maximum absolute atomic E-state index is 13.2. The number of nitrogens with zero attached hydrogens (tertiary/aromatic N) is 2. The molecule has 8 nitrogen and oxygen atoms in total. The third kappa shape index (κ3) is 4.70. The lowest BCUT2D eigenvalue weighted by Gasteiger charge is -2.34. The quantitative estimate of drug-likeness (QED) is 0.682. The number of carbonyl (C=O) groups is 2. The minimum absolute atomic E-state index is 0.0258. The Labute approximate surface area is 188 Å². The smallest absolute Gasteiger partial charge is 0.322 e. The van der Waals surface area contributed by atoms with Crippen LogP contribution in [0, 0.1) is 18.8 Å². The van der Waals surface area contributed by atoms with E-state index in [1.807, 2.05) is 19.1 Å². The van der Waals surface area contributed by atoms with Gasteiger partial charge in [-0.25, -0.2) is 4.79 Å². The van der Waals surface area contributed by atoms with Gasteiger partial charge in [-0.3, -0.25) is 25.2 Å². The number of amides is 3. The van der Waals surface area contributed by atoms with Crippen LogP contribution >= 0.6 is 0 Å². The summed E-state index contributed by atoms with van der Waals surface area (Å²) in [5.74, 6) is -0.308. The molecule has 4 unspecified atom stereocenters. The summed E-state index contributed by atoms with van der Waals surface area (Å²) < 4.78 is 1.68. The molecule has 1 saturated carbocycles. The first-order valence-corrected chi connectivity index (χ1v) is 11.6. The molecule has 4 atom stereocenters. The van der Waals surface area contributed by atoms with E-state index in [1.165, 1.54) is 0 Å². The van der Waals surface area contributed by atoms with E-state index in [4.69, 9.17) is 0 Å². The summed E-state index contributed by atoms with van der Waals surface area (Å²) in [6, 6.07) is 3.40. The average Bonchev–Trinajstić information content (AvgIpc) is 2.77. The summed E-state index contributed by atoms with van der Waals surface area (Å²) in [5, 5.41) is 9.53. The fourth-order valence-corrected chi connectivity index (χ4v) is 5.13. The number of hydrogen-bond donors (Lipinski definition) is 3. The summed E-state index contributed by atoms with van der Waals surface area (Å²) >= 11 is 0. The van der Waals surface area contributed by atoms with E-state index >= 15 is 0 Å². The normalized spacial score (nSPS) is 26.0. The average molecular weight is 440 g/mol. The van der Waals surface area contributed by atoms with E-state index in [-0.39, 0.29) is 35.4 Å². The van der Waals surface area contributed by atoms with Gasteiger partial charge in [0.2, 0.25) is 5.91 Å². The van der Waals surface area contributed by atoms with Gasteiger partial charge in [0.1, 0.15) is 0 Å². The van der Waals surface area contributed by atoms with Gasteiger partial charge in [0.15, 0.2) is 0 Å². The lowest BCUT2D eigenvalue weighted by Crippen LogP contribution is -2.53. The Morgan fingerprint density at radius 3 is 2.75 bits per heavy atom. The number of imide groups is 1. The van der Waals surface area contributed by atoms with E-state index in [0.29, 0.717) is 12.8 Å². The molecule has 32 heavy (non-hydrogen) atoms. The van der Waals surface area contributed by atoms with Crippen LogP contribution in [-0.2, 0) is 11.8 Å². The second kappa shape index (κ2) is 9.40. The predicted octanol–water partition coefficient (Wildman–Crippen LogP) is 2.69. The fourth-order valence-electron chi connectivity index (χ4n) is 5.13. The first kappa shape index (κ1) is 22.5. The zero-order chi connectivity index (χ0) is 22.8. The molecule has 8 heteroatoms. The molecule has 1 saturated heterocycles. The molecule has 3 N–H and O–H groups in total. The van der Waals surface area contributed by atoms with Crippen LogP contribution in [-0.4, -0.2) is 34.2 Å². The molecular weight excluding hydrogens is 406 g/mol. The Kier molecular flexibility index (Phi) is 6.60.